The first-order valence-corrected chi connectivity index (χ1v) is 9.32. The molecule has 134 valence electrons. The number of benzene rings is 2. The normalized spacial score (nSPS) is 11.1. The number of nitrogens with one attached hydrogen (secondary N) is 1. The lowest BCUT2D eigenvalue weighted by Gasteiger charge is -2.07. The second-order valence-corrected chi connectivity index (χ2v) is 6.73. The predicted octanol–water partition coefficient (Wildman–Crippen LogP) is 4.63. The Morgan fingerprint density at radius 1 is 1.15 bits per heavy atom. The van der Waals surface area contributed by atoms with Gasteiger partial charge in [-0.1, -0.05) is 30.3 Å². The van der Waals surface area contributed by atoms with Crippen molar-refractivity contribution in [2.45, 2.75) is 6.61 Å². The molecule has 0 unspecified atom stereocenters. The number of rotatable bonds is 6. The molecule has 0 saturated heterocycles. The quantitative estimate of drug-likeness (QED) is 0.500. The summed E-state index contributed by atoms with van der Waals surface area (Å²) in [6.07, 6.45) is 6.92. The number of imidazole rings is 1. The maximum absolute atomic E-state index is 12.1. The van der Waals surface area contributed by atoms with Crippen molar-refractivity contribution in [2.75, 3.05) is 5.32 Å². The Morgan fingerprint density at radius 3 is 2.78 bits per heavy atom. The topological polar surface area (TPSA) is 55.6 Å². The van der Waals surface area contributed by atoms with E-state index in [0.717, 1.165) is 22.0 Å². The first-order chi connectivity index (χ1) is 13.3. The molecule has 27 heavy (non-hydrogen) atoms. The average Bonchev–Trinajstić information content (AvgIpc) is 3.31. The lowest BCUT2D eigenvalue weighted by Crippen LogP contribution is -2.07. The second kappa shape index (κ2) is 7.88. The Kier molecular flexibility index (Phi) is 4.98. The number of carbonyl (C=O) groups is 1. The molecule has 0 radical (unpaired) electrons. The van der Waals surface area contributed by atoms with Gasteiger partial charge in [0.25, 0.3) is 0 Å². The third kappa shape index (κ3) is 4.24. The van der Waals surface area contributed by atoms with Crippen LogP contribution >= 0.6 is 11.3 Å². The zero-order chi connectivity index (χ0) is 18.5. The number of hydrogen-bond donors (Lipinski definition) is 1. The first kappa shape index (κ1) is 17.1. The molecule has 0 atom stereocenters. The van der Waals surface area contributed by atoms with E-state index in [1.807, 2.05) is 70.6 Å². The molecule has 0 fully saturated rings. The summed E-state index contributed by atoms with van der Waals surface area (Å²) in [5.74, 6) is 0.560. The van der Waals surface area contributed by atoms with Gasteiger partial charge in [0.1, 0.15) is 12.4 Å². The number of anilines is 1. The van der Waals surface area contributed by atoms with Crippen molar-refractivity contribution < 1.29 is 9.53 Å². The molecule has 2 heterocycles. The highest BCUT2D eigenvalue weighted by Gasteiger charge is 2.03. The highest BCUT2D eigenvalue weighted by atomic mass is 32.1. The van der Waals surface area contributed by atoms with Crippen molar-refractivity contribution in [2.24, 2.45) is 0 Å². The minimum absolute atomic E-state index is 0.196. The van der Waals surface area contributed by atoms with Gasteiger partial charge in [-0.2, -0.15) is 0 Å². The standard InChI is InChI=1S/C21H17N3O2S/c25-20(11-8-18-14-22-21-24(18)12-13-27-21)23-17-6-9-19(10-7-17)26-15-16-4-2-1-3-5-16/h1-14H,15H2,(H,23,25)/b11-8+. The number of amides is 1. The van der Waals surface area contributed by atoms with E-state index in [-0.39, 0.29) is 5.91 Å². The van der Waals surface area contributed by atoms with Crippen LogP contribution in [0.4, 0.5) is 5.69 Å². The van der Waals surface area contributed by atoms with Crippen molar-refractivity contribution in [3.63, 3.8) is 0 Å². The van der Waals surface area contributed by atoms with Gasteiger partial charge in [-0.05, 0) is 35.9 Å². The number of fused-ring (bicyclic) bond motifs is 1. The minimum Gasteiger partial charge on any atom is -0.489 e. The summed E-state index contributed by atoms with van der Waals surface area (Å²) in [7, 11) is 0. The van der Waals surface area contributed by atoms with Gasteiger partial charge in [0.05, 0.1) is 11.9 Å². The number of hydrogen-bond acceptors (Lipinski definition) is 4. The molecular formula is C21H17N3O2S. The molecule has 0 aliphatic carbocycles. The van der Waals surface area contributed by atoms with Gasteiger partial charge in [0, 0.05) is 23.3 Å². The van der Waals surface area contributed by atoms with Gasteiger partial charge in [-0.15, -0.1) is 11.3 Å². The SMILES string of the molecule is O=C(/C=C/c1cnc2sccn12)Nc1ccc(OCc2ccccc2)cc1. The summed E-state index contributed by atoms with van der Waals surface area (Å²) in [6.45, 7) is 0.512. The Hall–Kier alpha value is -3.38. The van der Waals surface area contributed by atoms with Crippen LogP contribution in [0.1, 0.15) is 11.3 Å². The molecule has 0 bridgehead atoms. The van der Waals surface area contributed by atoms with Crippen molar-refractivity contribution in [3.05, 3.63) is 89.7 Å². The molecule has 2 aromatic carbocycles. The molecule has 1 N–H and O–H groups in total. The maximum atomic E-state index is 12.1. The van der Waals surface area contributed by atoms with Crippen LogP contribution in [-0.4, -0.2) is 15.3 Å². The highest BCUT2D eigenvalue weighted by Crippen LogP contribution is 2.17. The smallest absolute Gasteiger partial charge is 0.248 e. The maximum Gasteiger partial charge on any atom is 0.248 e. The van der Waals surface area contributed by atoms with E-state index in [2.05, 4.69) is 10.3 Å². The van der Waals surface area contributed by atoms with Gasteiger partial charge in [-0.3, -0.25) is 9.20 Å². The van der Waals surface area contributed by atoms with Crippen LogP contribution < -0.4 is 10.1 Å². The van der Waals surface area contributed by atoms with Gasteiger partial charge in [-0.25, -0.2) is 4.98 Å². The zero-order valence-corrected chi connectivity index (χ0v) is 15.2. The van der Waals surface area contributed by atoms with E-state index in [9.17, 15) is 4.79 Å². The van der Waals surface area contributed by atoms with Crippen molar-refractivity contribution in [1.82, 2.24) is 9.38 Å². The predicted molar refractivity (Wildman–Crippen MR) is 108 cm³/mol. The number of aromatic nitrogens is 2. The Morgan fingerprint density at radius 2 is 1.96 bits per heavy atom. The lowest BCUT2D eigenvalue weighted by atomic mass is 10.2. The van der Waals surface area contributed by atoms with Gasteiger partial charge < -0.3 is 10.1 Å². The van der Waals surface area contributed by atoms with Crippen molar-refractivity contribution >= 4 is 34.0 Å². The van der Waals surface area contributed by atoms with Crippen molar-refractivity contribution in [1.29, 1.82) is 0 Å². The fraction of sp³-hybridized carbons (Fsp3) is 0.0476. The summed E-state index contributed by atoms with van der Waals surface area (Å²) in [6, 6.07) is 17.3. The van der Waals surface area contributed by atoms with Crippen LogP contribution in [0, 0.1) is 0 Å². The minimum atomic E-state index is -0.196. The van der Waals surface area contributed by atoms with Gasteiger partial charge in [0.15, 0.2) is 4.96 Å². The largest absolute Gasteiger partial charge is 0.489 e. The molecule has 2 aromatic heterocycles. The molecular weight excluding hydrogens is 358 g/mol. The lowest BCUT2D eigenvalue weighted by molar-refractivity contribution is -0.111. The van der Waals surface area contributed by atoms with E-state index in [4.69, 9.17) is 4.74 Å². The van der Waals surface area contributed by atoms with E-state index in [0.29, 0.717) is 12.3 Å². The Balaban J connectivity index is 1.33. The van der Waals surface area contributed by atoms with Gasteiger partial charge in [0.2, 0.25) is 5.91 Å². The van der Waals surface area contributed by atoms with Crippen LogP contribution in [0.5, 0.6) is 5.75 Å². The number of thiazole rings is 1. The molecule has 4 aromatic rings. The summed E-state index contributed by atoms with van der Waals surface area (Å²) >= 11 is 1.55. The van der Waals surface area contributed by atoms with E-state index in [1.54, 1.807) is 23.6 Å². The van der Waals surface area contributed by atoms with Crippen LogP contribution in [0.2, 0.25) is 0 Å². The monoisotopic (exact) mass is 375 g/mol. The fourth-order valence-electron chi connectivity index (χ4n) is 2.59. The molecule has 5 nitrogen and oxygen atoms in total. The third-order valence-electron chi connectivity index (χ3n) is 3.95. The van der Waals surface area contributed by atoms with Crippen LogP contribution in [0.15, 0.2) is 78.4 Å². The molecule has 4 rings (SSSR count). The Bertz CT molecular complexity index is 1070. The molecule has 6 heteroatoms. The third-order valence-corrected chi connectivity index (χ3v) is 4.72. The first-order valence-electron chi connectivity index (χ1n) is 8.44. The Labute approximate surface area is 160 Å². The van der Waals surface area contributed by atoms with E-state index >= 15 is 0 Å². The van der Waals surface area contributed by atoms with Crippen LogP contribution in [-0.2, 0) is 11.4 Å². The van der Waals surface area contributed by atoms with E-state index in [1.165, 1.54) is 6.08 Å². The fourth-order valence-corrected chi connectivity index (χ4v) is 3.29. The summed E-state index contributed by atoms with van der Waals surface area (Å²) in [5, 5.41) is 4.80. The molecule has 0 saturated carbocycles. The average molecular weight is 375 g/mol. The molecule has 0 aliphatic rings. The van der Waals surface area contributed by atoms with Crippen molar-refractivity contribution in [3.8, 4) is 5.75 Å². The van der Waals surface area contributed by atoms with Crippen LogP contribution in [0.25, 0.3) is 11.0 Å². The highest BCUT2D eigenvalue weighted by molar-refractivity contribution is 7.15. The van der Waals surface area contributed by atoms with Gasteiger partial charge >= 0.3 is 0 Å². The second-order valence-electron chi connectivity index (χ2n) is 5.86. The van der Waals surface area contributed by atoms with E-state index < -0.39 is 0 Å². The summed E-state index contributed by atoms with van der Waals surface area (Å²) < 4.78 is 7.68. The molecule has 0 spiro atoms. The molecule has 1 amide bonds. The number of carbonyl (C=O) groups excluding carboxylic acids is 1. The summed E-state index contributed by atoms with van der Waals surface area (Å²) in [5.41, 5.74) is 2.69. The number of nitrogens with zero attached hydrogens (tertiary/aromatic N) is 2. The zero-order valence-electron chi connectivity index (χ0n) is 14.4. The molecule has 0 aliphatic heterocycles. The summed E-state index contributed by atoms with van der Waals surface area (Å²) in [4.78, 5) is 17.3. The number of ether oxygens (including phenoxy) is 1. The van der Waals surface area contributed by atoms with Crippen LogP contribution in [0.3, 0.4) is 0 Å².